The molecular weight excluding hydrogens is 204 g/mol. The topological polar surface area (TPSA) is 50.4 Å². The Balaban J connectivity index is 1.66. The van der Waals surface area contributed by atoms with Crippen molar-refractivity contribution in [2.45, 2.75) is 38.1 Å². The van der Waals surface area contributed by atoms with E-state index in [-0.39, 0.29) is 11.9 Å². The average Bonchev–Trinajstić information content (AvgIpc) is 2.31. The molecule has 0 aromatic rings. The number of hydrogen-bond donors (Lipinski definition) is 2. The van der Waals surface area contributed by atoms with E-state index in [2.05, 4.69) is 10.6 Å². The van der Waals surface area contributed by atoms with Gasteiger partial charge in [0.25, 0.3) is 0 Å². The van der Waals surface area contributed by atoms with Gasteiger partial charge in [0.05, 0.1) is 12.6 Å². The molecular formula is C12H22N2O2. The lowest BCUT2D eigenvalue weighted by Crippen LogP contribution is -2.42. The summed E-state index contributed by atoms with van der Waals surface area (Å²) in [6.45, 7) is 3.64. The molecule has 16 heavy (non-hydrogen) atoms. The van der Waals surface area contributed by atoms with Gasteiger partial charge in [-0.1, -0.05) is 0 Å². The number of amides is 1. The van der Waals surface area contributed by atoms with Gasteiger partial charge in [0, 0.05) is 13.0 Å². The lowest BCUT2D eigenvalue weighted by atomic mass is 9.95. The molecule has 2 aliphatic heterocycles. The second kappa shape index (κ2) is 6.21. The molecule has 2 rings (SSSR count). The third-order valence-corrected chi connectivity index (χ3v) is 3.40. The van der Waals surface area contributed by atoms with Crippen LogP contribution < -0.4 is 10.6 Å². The van der Waals surface area contributed by atoms with Gasteiger partial charge in [0.15, 0.2) is 0 Å². The molecule has 2 atom stereocenters. The van der Waals surface area contributed by atoms with Crippen LogP contribution in [0.2, 0.25) is 0 Å². The van der Waals surface area contributed by atoms with Crippen molar-refractivity contribution in [3.63, 3.8) is 0 Å². The van der Waals surface area contributed by atoms with Crippen molar-refractivity contribution in [2.75, 3.05) is 26.3 Å². The van der Waals surface area contributed by atoms with Crippen LogP contribution in [0.5, 0.6) is 0 Å². The zero-order valence-corrected chi connectivity index (χ0v) is 9.84. The summed E-state index contributed by atoms with van der Waals surface area (Å²) in [6.07, 6.45) is 5.18. The van der Waals surface area contributed by atoms with E-state index in [0.717, 1.165) is 32.5 Å². The first kappa shape index (κ1) is 11.9. The fourth-order valence-corrected chi connectivity index (χ4v) is 2.50. The zero-order valence-electron chi connectivity index (χ0n) is 9.84. The number of ether oxygens (including phenoxy) is 1. The zero-order chi connectivity index (χ0) is 11.2. The summed E-state index contributed by atoms with van der Waals surface area (Å²) in [5.74, 6) is 0.724. The van der Waals surface area contributed by atoms with Crippen LogP contribution in [-0.4, -0.2) is 38.3 Å². The van der Waals surface area contributed by atoms with E-state index < -0.39 is 0 Å². The minimum atomic E-state index is 0.198. The fraction of sp³-hybridized carbons (Fsp3) is 0.917. The van der Waals surface area contributed by atoms with Crippen molar-refractivity contribution >= 4 is 5.91 Å². The van der Waals surface area contributed by atoms with Gasteiger partial charge < -0.3 is 15.4 Å². The van der Waals surface area contributed by atoms with Crippen molar-refractivity contribution < 1.29 is 9.53 Å². The summed E-state index contributed by atoms with van der Waals surface area (Å²) in [5.41, 5.74) is 0. The summed E-state index contributed by atoms with van der Waals surface area (Å²) >= 11 is 0. The maximum absolute atomic E-state index is 11.8. The van der Waals surface area contributed by atoms with E-state index >= 15 is 0 Å². The van der Waals surface area contributed by atoms with Crippen LogP contribution in [0.15, 0.2) is 0 Å². The van der Waals surface area contributed by atoms with Crippen LogP contribution in [0.4, 0.5) is 0 Å². The standard InChI is InChI=1S/C12H22N2O2/c15-12(7-10-3-1-5-13-8-10)14-11-4-2-6-16-9-11/h10-11,13H,1-9H2,(H,14,15). The Morgan fingerprint density at radius 1 is 1.38 bits per heavy atom. The average molecular weight is 226 g/mol. The Morgan fingerprint density at radius 2 is 2.31 bits per heavy atom. The highest BCUT2D eigenvalue weighted by atomic mass is 16.5. The van der Waals surface area contributed by atoms with Crippen LogP contribution >= 0.6 is 0 Å². The van der Waals surface area contributed by atoms with Crippen molar-refractivity contribution in [1.29, 1.82) is 0 Å². The van der Waals surface area contributed by atoms with Crippen LogP contribution in [0, 0.1) is 5.92 Å². The summed E-state index contributed by atoms with van der Waals surface area (Å²) in [6, 6.07) is 0.248. The minimum Gasteiger partial charge on any atom is -0.379 e. The highest BCUT2D eigenvalue weighted by Crippen LogP contribution is 2.14. The van der Waals surface area contributed by atoms with E-state index in [4.69, 9.17) is 4.74 Å². The molecule has 0 aromatic carbocycles. The van der Waals surface area contributed by atoms with Crippen molar-refractivity contribution in [2.24, 2.45) is 5.92 Å². The third-order valence-electron chi connectivity index (χ3n) is 3.40. The van der Waals surface area contributed by atoms with Crippen LogP contribution in [0.1, 0.15) is 32.1 Å². The van der Waals surface area contributed by atoms with E-state index in [9.17, 15) is 4.79 Å². The summed E-state index contributed by atoms with van der Waals surface area (Å²) in [4.78, 5) is 11.8. The quantitative estimate of drug-likeness (QED) is 0.743. The molecule has 2 fully saturated rings. The largest absolute Gasteiger partial charge is 0.379 e. The highest BCUT2D eigenvalue weighted by molar-refractivity contribution is 5.76. The summed E-state index contributed by atoms with van der Waals surface area (Å²) < 4.78 is 5.35. The molecule has 0 bridgehead atoms. The maximum Gasteiger partial charge on any atom is 0.220 e. The van der Waals surface area contributed by atoms with Gasteiger partial charge in [0.2, 0.25) is 5.91 Å². The Hall–Kier alpha value is -0.610. The van der Waals surface area contributed by atoms with Crippen LogP contribution in [-0.2, 0) is 9.53 Å². The van der Waals surface area contributed by atoms with Crippen molar-refractivity contribution in [3.05, 3.63) is 0 Å². The number of hydrogen-bond acceptors (Lipinski definition) is 3. The van der Waals surface area contributed by atoms with E-state index in [0.29, 0.717) is 18.9 Å². The SMILES string of the molecule is O=C(CC1CCCNC1)NC1CCCOC1. The van der Waals surface area contributed by atoms with Crippen LogP contribution in [0.25, 0.3) is 0 Å². The van der Waals surface area contributed by atoms with Crippen molar-refractivity contribution in [1.82, 2.24) is 10.6 Å². The smallest absolute Gasteiger partial charge is 0.220 e. The molecule has 2 unspecified atom stereocenters. The van der Waals surface area contributed by atoms with Gasteiger partial charge in [-0.2, -0.15) is 0 Å². The number of piperidine rings is 1. The van der Waals surface area contributed by atoms with Gasteiger partial charge in [-0.15, -0.1) is 0 Å². The van der Waals surface area contributed by atoms with E-state index in [1.807, 2.05) is 0 Å². The molecule has 4 nitrogen and oxygen atoms in total. The molecule has 2 aliphatic rings. The first-order chi connectivity index (χ1) is 7.84. The third kappa shape index (κ3) is 3.76. The molecule has 2 N–H and O–H groups in total. The molecule has 4 heteroatoms. The second-order valence-corrected chi connectivity index (χ2v) is 4.90. The van der Waals surface area contributed by atoms with Crippen LogP contribution in [0.3, 0.4) is 0 Å². The molecule has 1 amide bonds. The second-order valence-electron chi connectivity index (χ2n) is 4.90. The number of rotatable bonds is 3. The predicted molar refractivity (Wildman–Crippen MR) is 62.2 cm³/mol. The normalized spacial score (nSPS) is 31.0. The van der Waals surface area contributed by atoms with Gasteiger partial charge in [-0.3, -0.25) is 4.79 Å². The molecule has 0 aliphatic carbocycles. The number of carbonyl (C=O) groups excluding carboxylic acids is 1. The molecule has 0 spiro atoms. The van der Waals surface area contributed by atoms with Gasteiger partial charge in [-0.25, -0.2) is 0 Å². The Bertz CT molecular complexity index is 199. The lowest BCUT2D eigenvalue weighted by Gasteiger charge is -2.26. The molecule has 0 aromatic heterocycles. The maximum atomic E-state index is 11.8. The lowest BCUT2D eigenvalue weighted by molar-refractivity contribution is -0.123. The Morgan fingerprint density at radius 3 is 3.00 bits per heavy atom. The minimum absolute atomic E-state index is 0.198. The van der Waals surface area contributed by atoms with Crippen molar-refractivity contribution in [3.8, 4) is 0 Å². The van der Waals surface area contributed by atoms with Gasteiger partial charge in [0.1, 0.15) is 0 Å². The first-order valence-corrected chi connectivity index (χ1v) is 6.42. The summed E-state index contributed by atoms with van der Waals surface area (Å²) in [5, 5.41) is 6.41. The fourth-order valence-electron chi connectivity index (χ4n) is 2.50. The van der Waals surface area contributed by atoms with Gasteiger partial charge >= 0.3 is 0 Å². The highest BCUT2D eigenvalue weighted by Gasteiger charge is 2.20. The molecule has 92 valence electrons. The predicted octanol–water partition coefficient (Wildman–Crippen LogP) is 0.671. The van der Waals surface area contributed by atoms with Gasteiger partial charge in [-0.05, 0) is 44.7 Å². The number of carbonyl (C=O) groups is 1. The molecule has 0 radical (unpaired) electrons. The Kier molecular flexibility index (Phi) is 4.60. The van der Waals surface area contributed by atoms with E-state index in [1.165, 1.54) is 12.8 Å². The molecule has 2 heterocycles. The summed E-state index contributed by atoms with van der Waals surface area (Å²) in [7, 11) is 0. The first-order valence-electron chi connectivity index (χ1n) is 6.42. The van der Waals surface area contributed by atoms with E-state index in [1.54, 1.807) is 0 Å². The molecule has 0 saturated carbocycles. The monoisotopic (exact) mass is 226 g/mol. The Labute approximate surface area is 97.1 Å². The number of nitrogens with one attached hydrogen (secondary N) is 2. The molecule has 2 saturated heterocycles.